The lowest BCUT2D eigenvalue weighted by molar-refractivity contribution is 0.0927. The summed E-state index contributed by atoms with van der Waals surface area (Å²) in [4.78, 5) is 16.7. The number of rotatable bonds is 7. The van der Waals surface area contributed by atoms with Crippen molar-refractivity contribution in [3.8, 4) is 5.75 Å². The Labute approximate surface area is 184 Å². The number of benzene rings is 2. The SMILES string of the molecule is CSc1cc2c(c(C(=O)NC[C@@H]3CCCN3CCc3ccccc3)c1)OC(C)(C)C2. The molecular weight excluding hydrogens is 392 g/mol. The van der Waals surface area contributed by atoms with Crippen molar-refractivity contribution in [3.05, 3.63) is 59.2 Å². The van der Waals surface area contributed by atoms with Crippen molar-refractivity contribution in [2.24, 2.45) is 0 Å². The molecule has 0 bridgehead atoms. The Bertz CT molecular complexity index is 898. The molecule has 0 saturated carbocycles. The molecule has 4 rings (SSSR count). The number of fused-ring (bicyclic) bond motifs is 1. The zero-order valence-electron chi connectivity index (χ0n) is 18.2. The lowest BCUT2D eigenvalue weighted by Gasteiger charge is -2.25. The molecule has 1 amide bonds. The Morgan fingerprint density at radius 1 is 1.27 bits per heavy atom. The Morgan fingerprint density at radius 2 is 2.07 bits per heavy atom. The van der Waals surface area contributed by atoms with Crippen molar-refractivity contribution in [3.63, 3.8) is 0 Å². The minimum absolute atomic E-state index is 0.0187. The molecule has 1 saturated heterocycles. The Morgan fingerprint density at radius 3 is 2.83 bits per heavy atom. The molecule has 5 heteroatoms. The predicted molar refractivity (Wildman–Crippen MR) is 124 cm³/mol. The van der Waals surface area contributed by atoms with Crippen molar-refractivity contribution in [1.82, 2.24) is 10.2 Å². The van der Waals surface area contributed by atoms with Crippen molar-refractivity contribution in [2.45, 2.75) is 56.1 Å². The van der Waals surface area contributed by atoms with Gasteiger partial charge in [0.15, 0.2) is 0 Å². The van der Waals surface area contributed by atoms with E-state index >= 15 is 0 Å². The quantitative estimate of drug-likeness (QED) is 0.662. The third-order valence-corrected chi connectivity index (χ3v) is 6.85. The standard InChI is InChI=1S/C25H32N2O2S/c1-25(2)16-19-14-21(30-3)15-22(23(19)29-25)24(28)26-17-20-10-7-12-27(20)13-11-18-8-5-4-6-9-18/h4-6,8-9,14-15,20H,7,10-13,16-17H2,1-3H3,(H,26,28)/t20-/m0/s1. The van der Waals surface area contributed by atoms with Crippen LogP contribution in [0.5, 0.6) is 5.75 Å². The molecule has 2 aliphatic rings. The average molecular weight is 425 g/mol. The van der Waals surface area contributed by atoms with Crippen molar-refractivity contribution in [1.29, 1.82) is 0 Å². The number of ether oxygens (including phenoxy) is 1. The highest BCUT2D eigenvalue weighted by molar-refractivity contribution is 7.98. The molecule has 2 aromatic carbocycles. The van der Waals surface area contributed by atoms with Crippen LogP contribution in [0.15, 0.2) is 47.4 Å². The van der Waals surface area contributed by atoms with Crippen LogP contribution in [0.25, 0.3) is 0 Å². The minimum atomic E-state index is -0.256. The fourth-order valence-corrected chi connectivity index (χ4v) is 5.11. The van der Waals surface area contributed by atoms with Gasteiger partial charge in [-0.3, -0.25) is 9.69 Å². The lowest BCUT2D eigenvalue weighted by Crippen LogP contribution is -2.41. The van der Waals surface area contributed by atoms with Crippen molar-refractivity contribution >= 4 is 17.7 Å². The number of carbonyl (C=O) groups excluding carboxylic acids is 1. The van der Waals surface area contributed by atoms with E-state index in [9.17, 15) is 4.79 Å². The monoisotopic (exact) mass is 424 g/mol. The van der Waals surface area contributed by atoms with E-state index < -0.39 is 0 Å². The van der Waals surface area contributed by atoms with Gasteiger partial charge >= 0.3 is 0 Å². The maximum atomic E-state index is 13.1. The summed E-state index contributed by atoms with van der Waals surface area (Å²) in [5, 5.41) is 3.21. The van der Waals surface area contributed by atoms with E-state index in [4.69, 9.17) is 4.74 Å². The van der Waals surface area contributed by atoms with Crippen LogP contribution >= 0.6 is 11.8 Å². The summed E-state index contributed by atoms with van der Waals surface area (Å²) in [5.74, 6) is 0.748. The van der Waals surface area contributed by atoms with Gasteiger partial charge in [-0.2, -0.15) is 0 Å². The molecule has 30 heavy (non-hydrogen) atoms. The van der Waals surface area contributed by atoms with E-state index in [0.29, 0.717) is 18.2 Å². The molecule has 0 aliphatic carbocycles. The fourth-order valence-electron chi connectivity index (χ4n) is 4.61. The van der Waals surface area contributed by atoms with Gasteiger partial charge in [0, 0.05) is 36.0 Å². The first kappa shape index (κ1) is 21.3. The second kappa shape index (κ2) is 9.03. The van der Waals surface area contributed by atoms with Crippen LogP contribution in [0, 0.1) is 0 Å². The highest BCUT2D eigenvalue weighted by atomic mass is 32.2. The van der Waals surface area contributed by atoms with E-state index in [-0.39, 0.29) is 11.5 Å². The number of nitrogens with one attached hydrogen (secondary N) is 1. The second-order valence-electron chi connectivity index (χ2n) is 8.98. The highest BCUT2D eigenvalue weighted by Gasteiger charge is 2.34. The summed E-state index contributed by atoms with van der Waals surface area (Å²) in [6, 6.07) is 15.2. The van der Waals surface area contributed by atoms with E-state index in [1.54, 1.807) is 11.8 Å². The molecule has 160 valence electrons. The summed E-state index contributed by atoms with van der Waals surface area (Å²) in [7, 11) is 0. The van der Waals surface area contributed by atoms with E-state index in [1.165, 1.54) is 12.0 Å². The first-order chi connectivity index (χ1) is 14.4. The highest BCUT2D eigenvalue weighted by Crippen LogP contribution is 2.40. The molecule has 2 aliphatic heterocycles. The number of likely N-dealkylation sites (tertiary alicyclic amines) is 1. The van der Waals surface area contributed by atoms with Crippen LogP contribution in [0.1, 0.15) is 48.2 Å². The third kappa shape index (κ3) is 4.84. The number of amides is 1. The van der Waals surface area contributed by atoms with Gasteiger partial charge in [-0.1, -0.05) is 30.3 Å². The van der Waals surface area contributed by atoms with Crippen LogP contribution in [0.4, 0.5) is 0 Å². The maximum Gasteiger partial charge on any atom is 0.255 e. The van der Waals surface area contributed by atoms with Gasteiger partial charge in [0.05, 0.1) is 5.56 Å². The van der Waals surface area contributed by atoms with Crippen molar-refractivity contribution in [2.75, 3.05) is 25.9 Å². The lowest BCUT2D eigenvalue weighted by atomic mass is 10.0. The number of thioether (sulfide) groups is 1. The van der Waals surface area contributed by atoms with E-state index in [2.05, 4.69) is 60.5 Å². The zero-order valence-corrected chi connectivity index (χ0v) is 19.1. The van der Waals surface area contributed by atoms with Gasteiger partial charge in [-0.05, 0) is 63.6 Å². The summed E-state index contributed by atoms with van der Waals surface area (Å²) in [5.41, 5.74) is 2.93. The fraction of sp³-hybridized carbons (Fsp3) is 0.480. The molecule has 2 aromatic rings. The predicted octanol–water partition coefficient (Wildman–Crippen LogP) is 4.56. The number of hydrogen-bond acceptors (Lipinski definition) is 4. The summed E-state index contributed by atoms with van der Waals surface area (Å²) < 4.78 is 6.15. The average Bonchev–Trinajstić information content (AvgIpc) is 3.32. The van der Waals surface area contributed by atoms with Crippen LogP contribution in [-0.2, 0) is 12.8 Å². The largest absolute Gasteiger partial charge is 0.486 e. The Balaban J connectivity index is 1.39. The molecule has 0 aromatic heterocycles. The normalized spacial score (nSPS) is 20.0. The van der Waals surface area contributed by atoms with Crippen LogP contribution < -0.4 is 10.1 Å². The first-order valence-corrected chi connectivity index (χ1v) is 12.1. The smallest absolute Gasteiger partial charge is 0.255 e. The summed E-state index contributed by atoms with van der Waals surface area (Å²) in [6.07, 6.45) is 6.28. The molecule has 1 fully saturated rings. The van der Waals surface area contributed by atoms with Gasteiger partial charge in [0.2, 0.25) is 0 Å². The third-order valence-electron chi connectivity index (χ3n) is 6.14. The van der Waals surface area contributed by atoms with Gasteiger partial charge in [-0.25, -0.2) is 0 Å². The Kier molecular flexibility index (Phi) is 6.40. The minimum Gasteiger partial charge on any atom is -0.486 e. The summed E-state index contributed by atoms with van der Waals surface area (Å²) in [6.45, 7) is 7.00. The Hall–Kier alpha value is -1.98. The second-order valence-corrected chi connectivity index (χ2v) is 9.86. The molecule has 2 heterocycles. The molecule has 4 nitrogen and oxygen atoms in total. The molecule has 0 radical (unpaired) electrons. The van der Waals surface area contributed by atoms with Gasteiger partial charge in [-0.15, -0.1) is 11.8 Å². The van der Waals surface area contributed by atoms with Gasteiger partial charge < -0.3 is 10.1 Å². The maximum absolute atomic E-state index is 13.1. The number of nitrogens with zero attached hydrogens (tertiary/aromatic N) is 1. The van der Waals surface area contributed by atoms with Crippen LogP contribution in [0.3, 0.4) is 0 Å². The zero-order chi connectivity index (χ0) is 21.1. The van der Waals surface area contributed by atoms with Crippen LogP contribution in [0.2, 0.25) is 0 Å². The molecule has 1 N–H and O–H groups in total. The van der Waals surface area contributed by atoms with Gasteiger partial charge in [0.1, 0.15) is 11.4 Å². The first-order valence-electron chi connectivity index (χ1n) is 10.9. The number of hydrogen-bond donors (Lipinski definition) is 1. The molecule has 1 atom stereocenters. The van der Waals surface area contributed by atoms with E-state index in [1.807, 2.05) is 12.3 Å². The summed E-state index contributed by atoms with van der Waals surface area (Å²) >= 11 is 1.67. The van der Waals surface area contributed by atoms with Crippen LogP contribution in [-0.4, -0.2) is 48.3 Å². The molecular formula is C25H32N2O2S. The molecule has 0 unspecified atom stereocenters. The topological polar surface area (TPSA) is 41.6 Å². The van der Waals surface area contributed by atoms with Gasteiger partial charge in [0.25, 0.3) is 5.91 Å². The van der Waals surface area contributed by atoms with E-state index in [0.717, 1.165) is 48.6 Å². The van der Waals surface area contributed by atoms with Crippen molar-refractivity contribution < 1.29 is 9.53 Å². The molecule has 0 spiro atoms. The number of carbonyl (C=O) groups is 1.